The lowest BCUT2D eigenvalue weighted by Gasteiger charge is -2.09. The summed E-state index contributed by atoms with van der Waals surface area (Å²) in [6.07, 6.45) is 0. The molecular weight excluding hydrogens is 372 g/mol. The molecule has 0 atom stereocenters. The monoisotopic (exact) mass is 394 g/mol. The highest BCUT2D eigenvalue weighted by Crippen LogP contribution is 2.19. The minimum atomic E-state index is -0.508. The molecule has 0 unspecified atom stereocenters. The number of benzene rings is 2. The van der Waals surface area contributed by atoms with Crippen molar-refractivity contribution in [2.45, 2.75) is 26.9 Å². The van der Waals surface area contributed by atoms with E-state index in [-0.39, 0.29) is 24.0 Å². The molecule has 0 saturated heterocycles. The maximum Gasteiger partial charge on any atom is 0.273 e. The maximum atomic E-state index is 12.1. The van der Waals surface area contributed by atoms with Crippen LogP contribution in [0.4, 0.5) is 5.69 Å². The van der Waals surface area contributed by atoms with Crippen molar-refractivity contribution in [1.82, 2.24) is 15.1 Å². The molecule has 0 aliphatic carbocycles. The predicted octanol–water partition coefficient (Wildman–Crippen LogP) is 3.15. The Morgan fingerprint density at radius 2 is 1.93 bits per heavy atom. The van der Waals surface area contributed by atoms with Gasteiger partial charge in [0.15, 0.2) is 6.61 Å². The van der Waals surface area contributed by atoms with E-state index >= 15 is 0 Å². The number of rotatable bonds is 8. The van der Waals surface area contributed by atoms with Gasteiger partial charge in [-0.2, -0.15) is 5.10 Å². The predicted molar refractivity (Wildman–Crippen MR) is 108 cm³/mol. The molecule has 1 N–H and O–H groups in total. The standard InChI is InChI=1S/C21H22N4O4/c1-15-20(16(2)24(23-15)13-17-7-4-3-5-8-17)12-22-21(26)14-29-19-10-6-9-18(11-19)25(27)28/h3-11H,12-14H2,1-2H3,(H,22,26). The van der Waals surface area contributed by atoms with Gasteiger partial charge in [-0.3, -0.25) is 19.6 Å². The largest absolute Gasteiger partial charge is 0.484 e. The molecule has 3 aromatic rings. The average Bonchev–Trinajstić information content (AvgIpc) is 2.98. The Kier molecular flexibility index (Phi) is 6.23. The molecule has 1 aromatic heterocycles. The van der Waals surface area contributed by atoms with E-state index in [1.807, 2.05) is 48.9 Å². The van der Waals surface area contributed by atoms with E-state index in [1.165, 1.54) is 18.2 Å². The Balaban J connectivity index is 1.56. The van der Waals surface area contributed by atoms with Gasteiger partial charge in [0.05, 0.1) is 23.2 Å². The zero-order chi connectivity index (χ0) is 20.8. The van der Waals surface area contributed by atoms with Crippen molar-refractivity contribution in [3.63, 3.8) is 0 Å². The van der Waals surface area contributed by atoms with Crippen LogP contribution in [-0.4, -0.2) is 27.2 Å². The number of nitro groups is 1. The zero-order valence-corrected chi connectivity index (χ0v) is 16.3. The van der Waals surface area contributed by atoms with Crippen LogP contribution in [0.15, 0.2) is 54.6 Å². The molecule has 0 radical (unpaired) electrons. The molecule has 2 aromatic carbocycles. The van der Waals surface area contributed by atoms with Crippen LogP contribution < -0.4 is 10.1 Å². The van der Waals surface area contributed by atoms with E-state index in [4.69, 9.17) is 4.74 Å². The summed E-state index contributed by atoms with van der Waals surface area (Å²) in [4.78, 5) is 22.4. The van der Waals surface area contributed by atoms with E-state index in [0.29, 0.717) is 13.1 Å². The minimum Gasteiger partial charge on any atom is -0.484 e. The Hall–Kier alpha value is -3.68. The first-order valence-corrected chi connectivity index (χ1v) is 9.15. The van der Waals surface area contributed by atoms with Crippen molar-refractivity contribution in [2.75, 3.05) is 6.61 Å². The molecule has 3 rings (SSSR count). The van der Waals surface area contributed by atoms with Gasteiger partial charge in [0.1, 0.15) is 5.75 Å². The van der Waals surface area contributed by atoms with Gasteiger partial charge in [-0.25, -0.2) is 0 Å². The number of ether oxygens (including phenoxy) is 1. The molecule has 1 heterocycles. The zero-order valence-electron chi connectivity index (χ0n) is 16.3. The molecule has 0 spiro atoms. The van der Waals surface area contributed by atoms with Crippen molar-refractivity contribution in [3.8, 4) is 5.75 Å². The second kappa shape index (κ2) is 9.01. The van der Waals surface area contributed by atoms with Gasteiger partial charge in [0.25, 0.3) is 11.6 Å². The number of amides is 1. The summed E-state index contributed by atoms with van der Waals surface area (Å²) in [6.45, 7) is 4.66. The van der Waals surface area contributed by atoms with Crippen LogP contribution in [0.25, 0.3) is 0 Å². The van der Waals surface area contributed by atoms with Gasteiger partial charge in [0, 0.05) is 23.9 Å². The lowest BCUT2D eigenvalue weighted by Crippen LogP contribution is -2.28. The molecule has 1 amide bonds. The lowest BCUT2D eigenvalue weighted by atomic mass is 10.2. The van der Waals surface area contributed by atoms with E-state index < -0.39 is 4.92 Å². The fourth-order valence-corrected chi connectivity index (χ4v) is 2.97. The molecule has 8 heteroatoms. The topological polar surface area (TPSA) is 99.3 Å². The van der Waals surface area contributed by atoms with Crippen LogP contribution >= 0.6 is 0 Å². The van der Waals surface area contributed by atoms with Crippen molar-refractivity contribution in [3.05, 3.63) is 87.2 Å². The third-order valence-electron chi connectivity index (χ3n) is 4.57. The third-order valence-corrected chi connectivity index (χ3v) is 4.57. The van der Waals surface area contributed by atoms with E-state index in [9.17, 15) is 14.9 Å². The Labute approximate surface area is 168 Å². The van der Waals surface area contributed by atoms with Crippen LogP contribution in [-0.2, 0) is 17.9 Å². The molecule has 0 aliphatic heterocycles. The van der Waals surface area contributed by atoms with Crippen LogP contribution in [0.3, 0.4) is 0 Å². The van der Waals surface area contributed by atoms with Crippen LogP contribution in [0.1, 0.15) is 22.5 Å². The fourth-order valence-electron chi connectivity index (χ4n) is 2.97. The fraction of sp³-hybridized carbons (Fsp3) is 0.238. The Morgan fingerprint density at radius 3 is 2.66 bits per heavy atom. The number of nitrogens with zero attached hydrogens (tertiary/aromatic N) is 3. The van der Waals surface area contributed by atoms with Crippen molar-refractivity contribution in [2.24, 2.45) is 0 Å². The van der Waals surface area contributed by atoms with Crippen LogP contribution in [0.2, 0.25) is 0 Å². The molecule has 29 heavy (non-hydrogen) atoms. The van der Waals surface area contributed by atoms with E-state index in [0.717, 1.165) is 22.5 Å². The minimum absolute atomic E-state index is 0.0833. The quantitative estimate of drug-likeness (QED) is 0.467. The summed E-state index contributed by atoms with van der Waals surface area (Å²) < 4.78 is 7.28. The first kappa shape index (κ1) is 20.1. The van der Waals surface area contributed by atoms with E-state index in [2.05, 4.69) is 10.4 Å². The van der Waals surface area contributed by atoms with Gasteiger partial charge in [-0.05, 0) is 25.5 Å². The summed E-state index contributed by atoms with van der Waals surface area (Å²) in [5.41, 5.74) is 3.88. The smallest absolute Gasteiger partial charge is 0.273 e. The number of aryl methyl sites for hydroxylation is 1. The lowest BCUT2D eigenvalue weighted by molar-refractivity contribution is -0.384. The number of carbonyl (C=O) groups excluding carboxylic acids is 1. The summed E-state index contributed by atoms with van der Waals surface area (Å²) in [5.74, 6) is -0.0384. The van der Waals surface area contributed by atoms with Gasteiger partial charge in [-0.1, -0.05) is 36.4 Å². The van der Waals surface area contributed by atoms with Crippen molar-refractivity contribution < 1.29 is 14.5 Å². The summed E-state index contributed by atoms with van der Waals surface area (Å²) in [5, 5.41) is 18.2. The second-order valence-corrected chi connectivity index (χ2v) is 6.61. The molecular formula is C21H22N4O4. The number of hydrogen-bond acceptors (Lipinski definition) is 5. The number of non-ortho nitro benzene ring substituents is 1. The van der Waals surface area contributed by atoms with Crippen LogP contribution in [0, 0.1) is 24.0 Å². The number of hydrogen-bond donors (Lipinski definition) is 1. The highest BCUT2D eigenvalue weighted by atomic mass is 16.6. The third kappa shape index (κ3) is 5.19. The summed E-state index contributed by atoms with van der Waals surface area (Å²) in [6, 6.07) is 15.8. The summed E-state index contributed by atoms with van der Waals surface area (Å²) in [7, 11) is 0. The Morgan fingerprint density at radius 1 is 1.17 bits per heavy atom. The number of nitrogens with one attached hydrogen (secondary N) is 1. The molecule has 0 saturated carbocycles. The first-order valence-electron chi connectivity index (χ1n) is 9.15. The molecule has 150 valence electrons. The van der Waals surface area contributed by atoms with Gasteiger partial charge < -0.3 is 10.1 Å². The normalized spacial score (nSPS) is 10.6. The number of carbonyl (C=O) groups is 1. The Bertz CT molecular complexity index is 1010. The maximum absolute atomic E-state index is 12.1. The highest BCUT2D eigenvalue weighted by molar-refractivity contribution is 5.77. The number of aromatic nitrogens is 2. The molecule has 0 fully saturated rings. The SMILES string of the molecule is Cc1nn(Cc2ccccc2)c(C)c1CNC(=O)COc1cccc([N+](=O)[O-])c1. The number of nitro benzene ring substituents is 1. The average molecular weight is 394 g/mol. The van der Waals surface area contributed by atoms with E-state index in [1.54, 1.807) is 6.07 Å². The first-order chi connectivity index (χ1) is 13.9. The molecule has 0 aliphatic rings. The summed E-state index contributed by atoms with van der Waals surface area (Å²) >= 11 is 0. The van der Waals surface area contributed by atoms with Gasteiger partial charge in [0.2, 0.25) is 0 Å². The molecule has 0 bridgehead atoms. The van der Waals surface area contributed by atoms with Gasteiger partial charge in [-0.15, -0.1) is 0 Å². The van der Waals surface area contributed by atoms with Crippen molar-refractivity contribution >= 4 is 11.6 Å². The van der Waals surface area contributed by atoms with Crippen molar-refractivity contribution in [1.29, 1.82) is 0 Å². The van der Waals surface area contributed by atoms with Gasteiger partial charge >= 0.3 is 0 Å². The van der Waals surface area contributed by atoms with Crippen LogP contribution in [0.5, 0.6) is 5.75 Å². The highest BCUT2D eigenvalue weighted by Gasteiger charge is 2.13. The second-order valence-electron chi connectivity index (χ2n) is 6.61. The molecule has 8 nitrogen and oxygen atoms in total.